The number of aromatic nitrogens is 2. The van der Waals surface area contributed by atoms with Gasteiger partial charge in [-0.15, -0.1) is 0 Å². The molecule has 1 heterocycles. The van der Waals surface area contributed by atoms with Crippen molar-refractivity contribution < 1.29 is 4.79 Å². The molecule has 0 aliphatic heterocycles. The third kappa shape index (κ3) is 2.97. The fourth-order valence-electron chi connectivity index (χ4n) is 3.05. The van der Waals surface area contributed by atoms with E-state index in [1.807, 2.05) is 36.5 Å². The zero-order valence-corrected chi connectivity index (χ0v) is 11.9. The Balaban J connectivity index is 1.73. The average molecular weight is 284 g/mol. The second-order valence-electron chi connectivity index (χ2n) is 5.52. The summed E-state index contributed by atoms with van der Waals surface area (Å²) in [6, 6.07) is 9.58. The van der Waals surface area contributed by atoms with Gasteiger partial charge in [-0.2, -0.15) is 5.10 Å². The first kappa shape index (κ1) is 13.8. The number of anilines is 1. The van der Waals surface area contributed by atoms with Gasteiger partial charge in [-0.25, -0.2) is 4.68 Å². The van der Waals surface area contributed by atoms with Crippen molar-refractivity contribution in [3.8, 4) is 5.69 Å². The lowest BCUT2D eigenvalue weighted by Crippen LogP contribution is -2.29. The molecule has 5 nitrogen and oxygen atoms in total. The lowest BCUT2D eigenvalue weighted by molar-refractivity contribution is -0.120. The van der Waals surface area contributed by atoms with Crippen LogP contribution in [-0.4, -0.2) is 22.2 Å². The molecule has 3 N–H and O–H groups in total. The van der Waals surface area contributed by atoms with Crippen LogP contribution in [0.5, 0.6) is 0 Å². The predicted octanol–water partition coefficient (Wildman–Crippen LogP) is 2.19. The third-order valence-corrected chi connectivity index (χ3v) is 4.18. The standard InChI is InChI=1S/C16H20N4O/c17-11-12-4-1-7-15(12)16(21)19-13-5-2-6-14(10-13)20-9-3-8-18-20/h2-3,5-6,8-10,12,15H,1,4,7,11,17H2,(H,19,21). The molecule has 21 heavy (non-hydrogen) atoms. The van der Waals surface area contributed by atoms with Gasteiger partial charge in [0.15, 0.2) is 0 Å². The summed E-state index contributed by atoms with van der Waals surface area (Å²) in [7, 11) is 0. The van der Waals surface area contributed by atoms with Crippen LogP contribution >= 0.6 is 0 Å². The Kier molecular flexibility index (Phi) is 4.01. The van der Waals surface area contributed by atoms with Gasteiger partial charge in [-0.1, -0.05) is 12.5 Å². The molecule has 0 bridgehead atoms. The average Bonchev–Trinajstić information content (AvgIpc) is 3.18. The summed E-state index contributed by atoms with van der Waals surface area (Å²) >= 11 is 0. The van der Waals surface area contributed by atoms with E-state index in [1.165, 1.54) is 0 Å². The first-order chi connectivity index (χ1) is 10.3. The quantitative estimate of drug-likeness (QED) is 0.904. The molecule has 1 aliphatic rings. The van der Waals surface area contributed by atoms with Crippen LogP contribution in [0, 0.1) is 11.8 Å². The molecule has 1 amide bonds. The molecule has 110 valence electrons. The second-order valence-corrected chi connectivity index (χ2v) is 5.52. The minimum atomic E-state index is 0.0448. The fourth-order valence-corrected chi connectivity index (χ4v) is 3.05. The van der Waals surface area contributed by atoms with E-state index in [2.05, 4.69) is 10.4 Å². The summed E-state index contributed by atoms with van der Waals surface area (Å²) in [4.78, 5) is 12.4. The van der Waals surface area contributed by atoms with Gasteiger partial charge in [0.2, 0.25) is 5.91 Å². The molecular formula is C16H20N4O. The van der Waals surface area contributed by atoms with Crippen molar-refractivity contribution in [2.75, 3.05) is 11.9 Å². The Morgan fingerprint density at radius 3 is 3.05 bits per heavy atom. The van der Waals surface area contributed by atoms with E-state index >= 15 is 0 Å². The number of rotatable bonds is 4. The third-order valence-electron chi connectivity index (χ3n) is 4.18. The van der Waals surface area contributed by atoms with E-state index in [0.717, 1.165) is 30.6 Å². The zero-order valence-electron chi connectivity index (χ0n) is 11.9. The van der Waals surface area contributed by atoms with E-state index in [0.29, 0.717) is 12.5 Å². The lowest BCUT2D eigenvalue weighted by Gasteiger charge is -2.17. The van der Waals surface area contributed by atoms with Crippen LogP contribution in [-0.2, 0) is 4.79 Å². The fraction of sp³-hybridized carbons (Fsp3) is 0.375. The second kappa shape index (κ2) is 6.10. The minimum Gasteiger partial charge on any atom is -0.330 e. The Hall–Kier alpha value is -2.14. The van der Waals surface area contributed by atoms with Crippen molar-refractivity contribution in [3.63, 3.8) is 0 Å². The van der Waals surface area contributed by atoms with E-state index in [-0.39, 0.29) is 11.8 Å². The molecule has 2 atom stereocenters. The van der Waals surface area contributed by atoms with Crippen molar-refractivity contribution >= 4 is 11.6 Å². The Morgan fingerprint density at radius 2 is 2.29 bits per heavy atom. The topological polar surface area (TPSA) is 72.9 Å². The summed E-state index contributed by atoms with van der Waals surface area (Å²) in [6.07, 6.45) is 6.69. The monoisotopic (exact) mass is 284 g/mol. The maximum Gasteiger partial charge on any atom is 0.227 e. The molecular weight excluding hydrogens is 264 g/mol. The summed E-state index contributed by atoms with van der Waals surface area (Å²) in [5.41, 5.74) is 7.48. The van der Waals surface area contributed by atoms with Gasteiger partial charge in [0.1, 0.15) is 0 Å². The summed E-state index contributed by atoms with van der Waals surface area (Å²) in [5, 5.41) is 7.21. The maximum absolute atomic E-state index is 12.4. The smallest absolute Gasteiger partial charge is 0.227 e. The molecule has 1 aromatic carbocycles. The number of benzene rings is 1. The van der Waals surface area contributed by atoms with Gasteiger partial charge in [0, 0.05) is 24.0 Å². The van der Waals surface area contributed by atoms with E-state index in [1.54, 1.807) is 10.9 Å². The maximum atomic E-state index is 12.4. The Morgan fingerprint density at radius 1 is 1.38 bits per heavy atom. The molecule has 0 spiro atoms. The molecule has 1 aliphatic carbocycles. The first-order valence-corrected chi connectivity index (χ1v) is 7.39. The molecule has 3 rings (SSSR count). The lowest BCUT2D eigenvalue weighted by atomic mass is 9.95. The van der Waals surface area contributed by atoms with Crippen LogP contribution in [0.15, 0.2) is 42.7 Å². The van der Waals surface area contributed by atoms with Crippen LogP contribution < -0.4 is 11.1 Å². The van der Waals surface area contributed by atoms with Gasteiger partial charge < -0.3 is 11.1 Å². The van der Waals surface area contributed by atoms with Crippen molar-refractivity contribution in [2.24, 2.45) is 17.6 Å². The number of hydrogen-bond donors (Lipinski definition) is 2. The van der Waals surface area contributed by atoms with Crippen LogP contribution in [0.1, 0.15) is 19.3 Å². The number of nitrogens with two attached hydrogens (primary N) is 1. The molecule has 0 radical (unpaired) electrons. The van der Waals surface area contributed by atoms with E-state index in [4.69, 9.17) is 5.73 Å². The first-order valence-electron chi connectivity index (χ1n) is 7.39. The minimum absolute atomic E-state index is 0.0448. The van der Waals surface area contributed by atoms with E-state index in [9.17, 15) is 4.79 Å². The highest BCUT2D eigenvalue weighted by Gasteiger charge is 2.31. The van der Waals surface area contributed by atoms with Crippen LogP contribution in [0.2, 0.25) is 0 Å². The highest BCUT2D eigenvalue weighted by molar-refractivity contribution is 5.93. The number of carbonyl (C=O) groups excluding carboxylic acids is 1. The number of nitrogens with one attached hydrogen (secondary N) is 1. The Labute approximate surface area is 124 Å². The normalized spacial score (nSPS) is 21.4. The van der Waals surface area contributed by atoms with Crippen LogP contribution in [0.25, 0.3) is 5.69 Å². The van der Waals surface area contributed by atoms with Crippen molar-refractivity contribution in [1.29, 1.82) is 0 Å². The molecule has 2 aromatic rings. The molecule has 1 saturated carbocycles. The van der Waals surface area contributed by atoms with Crippen molar-refractivity contribution in [3.05, 3.63) is 42.7 Å². The number of carbonyl (C=O) groups is 1. The van der Waals surface area contributed by atoms with Crippen LogP contribution in [0.4, 0.5) is 5.69 Å². The highest BCUT2D eigenvalue weighted by atomic mass is 16.1. The van der Waals surface area contributed by atoms with Crippen molar-refractivity contribution in [1.82, 2.24) is 9.78 Å². The summed E-state index contributed by atoms with van der Waals surface area (Å²) in [5.74, 6) is 0.447. The van der Waals surface area contributed by atoms with Gasteiger partial charge in [-0.05, 0) is 49.6 Å². The zero-order chi connectivity index (χ0) is 14.7. The van der Waals surface area contributed by atoms with Crippen LogP contribution in [0.3, 0.4) is 0 Å². The van der Waals surface area contributed by atoms with Gasteiger partial charge in [0.25, 0.3) is 0 Å². The highest BCUT2D eigenvalue weighted by Crippen LogP contribution is 2.32. The van der Waals surface area contributed by atoms with Gasteiger partial charge >= 0.3 is 0 Å². The molecule has 1 fully saturated rings. The van der Waals surface area contributed by atoms with Gasteiger partial charge in [-0.3, -0.25) is 4.79 Å². The number of amides is 1. The summed E-state index contributed by atoms with van der Waals surface area (Å²) in [6.45, 7) is 0.589. The van der Waals surface area contributed by atoms with Gasteiger partial charge in [0.05, 0.1) is 5.69 Å². The molecule has 0 saturated heterocycles. The number of nitrogens with zero attached hydrogens (tertiary/aromatic N) is 2. The van der Waals surface area contributed by atoms with Crippen molar-refractivity contribution in [2.45, 2.75) is 19.3 Å². The van der Waals surface area contributed by atoms with E-state index < -0.39 is 0 Å². The molecule has 2 unspecified atom stereocenters. The summed E-state index contributed by atoms with van der Waals surface area (Å²) < 4.78 is 1.77. The molecule has 5 heteroatoms. The largest absolute Gasteiger partial charge is 0.330 e. The number of hydrogen-bond acceptors (Lipinski definition) is 3. The SMILES string of the molecule is NCC1CCCC1C(=O)Nc1cccc(-n2cccn2)c1. The predicted molar refractivity (Wildman–Crippen MR) is 82.1 cm³/mol. The molecule has 1 aromatic heterocycles. The Bertz CT molecular complexity index is 608.